The Morgan fingerprint density at radius 1 is 0.897 bits per heavy atom. The Labute approximate surface area is 172 Å². The summed E-state index contributed by atoms with van der Waals surface area (Å²) in [5.74, 6) is 0.820. The average Bonchev–Trinajstić information content (AvgIpc) is 3.13. The van der Waals surface area contributed by atoms with Gasteiger partial charge in [-0.15, -0.1) is 0 Å². The van der Waals surface area contributed by atoms with Crippen molar-refractivity contribution in [3.05, 3.63) is 59.9 Å². The van der Waals surface area contributed by atoms with E-state index in [1.54, 1.807) is 19.2 Å². The minimum Gasteiger partial charge on any atom is -0.497 e. The van der Waals surface area contributed by atoms with E-state index in [1.807, 2.05) is 17.0 Å². The van der Waals surface area contributed by atoms with E-state index in [0.717, 1.165) is 68.7 Å². The number of hydrogen-bond acceptors (Lipinski definition) is 3. The van der Waals surface area contributed by atoms with Crippen molar-refractivity contribution in [3.63, 3.8) is 0 Å². The minimum absolute atomic E-state index is 0.221. The first kappa shape index (κ1) is 19.7. The zero-order valence-electron chi connectivity index (χ0n) is 17.1. The normalized spacial score (nSPS) is 19.1. The number of ether oxygens (including phenoxy) is 1. The minimum atomic E-state index is -0.483. The molecule has 29 heavy (non-hydrogen) atoms. The predicted octanol–water partition coefficient (Wildman–Crippen LogP) is 4.39. The Morgan fingerprint density at radius 2 is 1.59 bits per heavy atom. The van der Waals surface area contributed by atoms with Gasteiger partial charge >= 0.3 is 0 Å². The van der Waals surface area contributed by atoms with Crippen LogP contribution in [0.15, 0.2) is 48.5 Å². The molecule has 0 aromatic heterocycles. The number of carbonyl (C=O) groups is 1. The van der Waals surface area contributed by atoms with Gasteiger partial charge in [0.2, 0.25) is 5.91 Å². The summed E-state index contributed by atoms with van der Waals surface area (Å²) in [4.78, 5) is 18.1. The highest BCUT2D eigenvalue weighted by Gasteiger charge is 2.45. The number of halogens is 1. The largest absolute Gasteiger partial charge is 0.497 e. The lowest BCUT2D eigenvalue weighted by atomic mass is 9.77. The van der Waals surface area contributed by atoms with Crippen LogP contribution in [0.25, 0.3) is 0 Å². The Hall–Kier alpha value is -2.56. The van der Waals surface area contributed by atoms with E-state index in [-0.39, 0.29) is 11.7 Å². The van der Waals surface area contributed by atoms with Crippen molar-refractivity contribution >= 4 is 11.6 Å². The van der Waals surface area contributed by atoms with Gasteiger partial charge in [0.05, 0.1) is 12.5 Å². The Bertz CT molecular complexity index is 829. The maximum absolute atomic E-state index is 13.7. The Kier molecular flexibility index (Phi) is 5.74. The number of hydrogen-bond donors (Lipinski definition) is 0. The molecule has 1 aliphatic carbocycles. The van der Waals surface area contributed by atoms with E-state index in [0.29, 0.717) is 6.54 Å². The van der Waals surface area contributed by atoms with E-state index in [4.69, 9.17) is 4.74 Å². The van der Waals surface area contributed by atoms with Crippen molar-refractivity contribution in [1.82, 2.24) is 4.90 Å². The summed E-state index contributed by atoms with van der Waals surface area (Å²) in [6.45, 7) is 3.24. The number of methoxy groups -OCH3 is 1. The molecular weight excluding hydrogens is 367 g/mol. The average molecular weight is 397 g/mol. The van der Waals surface area contributed by atoms with Crippen LogP contribution in [0.1, 0.15) is 37.7 Å². The second-order valence-corrected chi connectivity index (χ2v) is 8.13. The quantitative estimate of drug-likeness (QED) is 0.769. The van der Waals surface area contributed by atoms with Gasteiger partial charge in [-0.05, 0) is 61.2 Å². The van der Waals surface area contributed by atoms with E-state index in [2.05, 4.69) is 17.0 Å². The summed E-state index contributed by atoms with van der Waals surface area (Å²) in [5.41, 5.74) is 1.65. The second kappa shape index (κ2) is 8.44. The van der Waals surface area contributed by atoms with Crippen LogP contribution in [-0.4, -0.2) is 44.1 Å². The van der Waals surface area contributed by atoms with E-state index in [9.17, 15) is 9.18 Å². The fourth-order valence-electron chi connectivity index (χ4n) is 4.85. The molecule has 2 aromatic rings. The van der Waals surface area contributed by atoms with Crippen LogP contribution < -0.4 is 9.64 Å². The van der Waals surface area contributed by atoms with E-state index < -0.39 is 5.41 Å². The third kappa shape index (κ3) is 3.96. The first-order chi connectivity index (χ1) is 14.1. The molecule has 1 saturated carbocycles. The van der Waals surface area contributed by atoms with Gasteiger partial charge in [0.1, 0.15) is 11.6 Å². The molecule has 0 spiro atoms. The molecule has 0 bridgehead atoms. The summed E-state index contributed by atoms with van der Waals surface area (Å²) in [5, 5.41) is 0. The Morgan fingerprint density at radius 3 is 2.24 bits per heavy atom. The second-order valence-electron chi connectivity index (χ2n) is 8.13. The molecule has 0 radical (unpaired) electrons. The van der Waals surface area contributed by atoms with Gasteiger partial charge in [-0.2, -0.15) is 0 Å². The summed E-state index contributed by atoms with van der Waals surface area (Å²) >= 11 is 0. The van der Waals surface area contributed by atoms with Gasteiger partial charge in [0.15, 0.2) is 0 Å². The highest BCUT2D eigenvalue weighted by molar-refractivity contribution is 5.88. The molecule has 0 atom stereocenters. The lowest BCUT2D eigenvalue weighted by Gasteiger charge is -2.34. The van der Waals surface area contributed by atoms with Crippen molar-refractivity contribution in [2.45, 2.75) is 37.5 Å². The van der Waals surface area contributed by atoms with Crippen LogP contribution in [0.5, 0.6) is 5.75 Å². The highest BCUT2D eigenvalue weighted by Crippen LogP contribution is 2.43. The molecule has 4 nitrogen and oxygen atoms in total. The van der Waals surface area contributed by atoms with Gasteiger partial charge in [0.25, 0.3) is 0 Å². The number of nitrogens with zero attached hydrogens (tertiary/aromatic N) is 2. The molecule has 1 amide bonds. The third-order valence-corrected chi connectivity index (χ3v) is 6.48. The molecule has 5 heteroatoms. The van der Waals surface area contributed by atoms with E-state index in [1.165, 1.54) is 12.1 Å². The van der Waals surface area contributed by atoms with Crippen LogP contribution in [0.2, 0.25) is 0 Å². The Balaban J connectivity index is 1.50. The molecule has 4 rings (SSSR count). The summed E-state index contributed by atoms with van der Waals surface area (Å²) in [6, 6.07) is 14.7. The number of benzene rings is 2. The van der Waals surface area contributed by atoms with Crippen LogP contribution in [0.4, 0.5) is 10.1 Å². The lowest BCUT2D eigenvalue weighted by molar-refractivity contribution is -0.137. The summed E-state index contributed by atoms with van der Waals surface area (Å²) in [6.07, 6.45) is 4.76. The molecule has 2 fully saturated rings. The standard InChI is InChI=1S/C24H29FN2O2/c1-29-22-11-9-21(10-12-22)26-15-4-16-27(18-17-26)23(28)24(13-2-3-14-24)19-5-7-20(25)8-6-19/h5-12H,2-4,13-18H2,1H3. The smallest absolute Gasteiger partial charge is 0.233 e. The zero-order chi connectivity index (χ0) is 20.3. The van der Waals surface area contributed by atoms with E-state index >= 15 is 0 Å². The van der Waals surface area contributed by atoms with Crippen molar-refractivity contribution < 1.29 is 13.9 Å². The molecule has 0 N–H and O–H groups in total. The zero-order valence-corrected chi connectivity index (χ0v) is 17.1. The number of amides is 1. The summed E-state index contributed by atoms with van der Waals surface area (Å²) in [7, 11) is 1.67. The van der Waals surface area contributed by atoms with Crippen molar-refractivity contribution in [1.29, 1.82) is 0 Å². The molecular formula is C24H29FN2O2. The van der Waals surface area contributed by atoms with Gasteiger partial charge in [-0.1, -0.05) is 25.0 Å². The predicted molar refractivity (Wildman–Crippen MR) is 113 cm³/mol. The highest BCUT2D eigenvalue weighted by atomic mass is 19.1. The van der Waals surface area contributed by atoms with Gasteiger partial charge in [-0.25, -0.2) is 4.39 Å². The van der Waals surface area contributed by atoms with Crippen LogP contribution in [0.3, 0.4) is 0 Å². The fourth-order valence-corrected chi connectivity index (χ4v) is 4.85. The van der Waals surface area contributed by atoms with Crippen molar-refractivity contribution in [2.24, 2.45) is 0 Å². The van der Waals surface area contributed by atoms with Crippen LogP contribution >= 0.6 is 0 Å². The third-order valence-electron chi connectivity index (χ3n) is 6.48. The number of rotatable bonds is 4. The first-order valence-corrected chi connectivity index (χ1v) is 10.6. The molecule has 1 saturated heterocycles. The topological polar surface area (TPSA) is 32.8 Å². The number of carbonyl (C=O) groups excluding carboxylic acids is 1. The number of anilines is 1. The maximum atomic E-state index is 13.7. The SMILES string of the molecule is COc1ccc(N2CCCN(C(=O)C3(c4ccc(F)cc4)CCCC3)CC2)cc1. The molecule has 1 heterocycles. The van der Waals surface area contributed by atoms with Gasteiger partial charge < -0.3 is 14.5 Å². The van der Waals surface area contributed by atoms with Crippen LogP contribution in [-0.2, 0) is 10.2 Å². The van der Waals surface area contributed by atoms with Crippen LogP contribution in [0, 0.1) is 5.82 Å². The van der Waals surface area contributed by atoms with Crippen molar-refractivity contribution in [3.8, 4) is 5.75 Å². The lowest BCUT2D eigenvalue weighted by Crippen LogP contribution is -2.47. The first-order valence-electron chi connectivity index (χ1n) is 10.6. The summed E-state index contributed by atoms with van der Waals surface area (Å²) < 4.78 is 18.7. The molecule has 2 aliphatic rings. The van der Waals surface area contributed by atoms with Gasteiger partial charge in [-0.3, -0.25) is 4.79 Å². The molecule has 1 aliphatic heterocycles. The van der Waals surface area contributed by atoms with Crippen molar-refractivity contribution in [2.75, 3.05) is 38.2 Å². The molecule has 154 valence electrons. The molecule has 2 aromatic carbocycles. The fraction of sp³-hybridized carbons (Fsp3) is 0.458. The van der Waals surface area contributed by atoms with Gasteiger partial charge in [0, 0.05) is 31.9 Å². The maximum Gasteiger partial charge on any atom is 0.233 e. The monoisotopic (exact) mass is 396 g/mol. The molecule has 0 unspecified atom stereocenters.